The van der Waals surface area contributed by atoms with Gasteiger partial charge in [0.1, 0.15) is 0 Å². The average molecular weight is 298 g/mol. The molecule has 0 aliphatic heterocycles. The van der Waals surface area contributed by atoms with Crippen LogP contribution in [0, 0.1) is 5.41 Å². The Labute approximate surface area is 114 Å². The Balaban J connectivity index is 2.74. The molecule has 1 rings (SSSR count). The van der Waals surface area contributed by atoms with Crippen LogP contribution in [0.3, 0.4) is 0 Å². The molecule has 0 heterocycles. The molecule has 0 fully saturated rings. The molecule has 0 aromatic heterocycles. The summed E-state index contributed by atoms with van der Waals surface area (Å²) < 4.78 is 1.14. The van der Waals surface area contributed by atoms with Crippen LogP contribution >= 0.6 is 15.9 Å². The zero-order valence-corrected chi connectivity index (χ0v) is 12.6. The van der Waals surface area contributed by atoms with Crippen molar-refractivity contribution in [3.8, 4) is 0 Å². The summed E-state index contributed by atoms with van der Waals surface area (Å²) in [5.74, 6) is 0. The van der Waals surface area contributed by atoms with Crippen LogP contribution in [0.5, 0.6) is 0 Å². The lowest BCUT2D eigenvalue weighted by Crippen LogP contribution is -2.32. The van der Waals surface area contributed by atoms with E-state index >= 15 is 0 Å². The molecular formula is C15H24BrN. The molecule has 0 aliphatic carbocycles. The molecule has 0 radical (unpaired) electrons. The first-order valence-electron chi connectivity index (χ1n) is 6.60. The fraction of sp³-hybridized carbons (Fsp3) is 0.600. The molecule has 2 N–H and O–H groups in total. The summed E-state index contributed by atoms with van der Waals surface area (Å²) in [7, 11) is 0. The quantitative estimate of drug-likeness (QED) is 0.786. The number of hydrogen-bond acceptors (Lipinski definition) is 1. The van der Waals surface area contributed by atoms with Crippen molar-refractivity contribution in [2.75, 3.05) is 6.54 Å². The largest absolute Gasteiger partial charge is 0.330 e. The highest BCUT2D eigenvalue weighted by molar-refractivity contribution is 9.10. The highest BCUT2D eigenvalue weighted by atomic mass is 79.9. The summed E-state index contributed by atoms with van der Waals surface area (Å²) in [6, 6.07) is 8.64. The lowest BCUT2D eigenvalue weighted by Gasteiger charge is -2.31. The third kappa shape index (κ3) is 4.44. The molecule has 2 heteroatoms. The summed E-state index contributed by atoms with van der Waals surface area (Å²) >= 11 is 3.48. The number of nitrogens with two attached hydrogens (primary N) is 1. The lowest BCUT2D eigenvalue weighted by molar-refractivity contribution is 0.251. The molecule has 0 aliphatic rings. The van der Waals surface area contributed by atoms with E-state index in [0.717, 1.165) is 17.4 Å². The second-order valence-corrected chi connectivity index (χ2v) is 5.88. The molecule has 0 amide bonds. The van der Waals surface area contributed by atoms with Gasteiger partial charge in [0.15, 0.2) is 0 Å². The van der Waals surface area contributed by atoms with Crippen molar-refractivity contribution in [1.82, 2.24) is 0 Å². The van der Waals surface area contributed by atoms with Gasteiger partial charge in [-0.3, -0.25) is 0 Å². The van der Waals surface area contributed by atoms with Gasteiger partial charge in [-0.25, -0.2) is 0 Å². The minimum Gasteiger partial charge on any atom is -0.330 e. The van der Waals surface area contributed by atoms with E-state index < -0.39 is 0 Å². The zero-order valence-electron chi connectivity index (χ0n) is 11.0. The van der Waals surface area contributed by atoms with E-state index in [0.29, 0.717) is 5.41 Å². The molecule has 0 saturated heterocycles. The summed E-state index contributed by atoms with van der Waals surface area (Å²) in [6.07, 6.45) is 6.04. The molecular weight excluding hydrogens is 274 g/mol. The Bertz CT molecular complexity index is 314. The minimum atomic E-state index is 0.295. The van der Waals surface area contributed by atoms with Crippen LogP contribution in [-0.4, -0.2) is 6.54 Å². The van der Waals surface area contributed by atoms with Crippen LogP contribution in [0.25, 0.3) is 0 Å². The molecule has 1 atom stereocenters. The summed E-state index contributed by atoms with van der Waals surface area (Å²) in [4.78, 5) is 0. The Kier molecular flexibility index (Phi) is 6.21. The number of benzene rings is 1. The van der Waals surface area contributed by atoms with Crippen LogP contribution < -0.4 is 5.73 Å². The van der Waals surface area contributed by atoms with Gasteiger partial charge in [0.25, 0.3) is 0 Å². The summed E-state index contributed by atoms with van der Waals surface area (Å²) in [5.41, 5.74) is 7.72. The first-order valence-corrected chi connectivity index (χ1v) is 7.39. The summed E-state index contributed by atoms with van der Waals surface area (Å²) in [5, 5.41) is 0. The van der Waals surface area contributed by atoms with Crippen molar-refractivity contribution in [2.24, 2.45) is 11.1 Å². The van der Waals surface area contributed by atoms with Gasteiger partial charge in [-0.15, -0.1) is 0 Å². The zero-order chi connectivity index (χ0) is 12.7. The fourth-order valence-corrected chi connectivity index (χ4v) is 2.56. The molecule has 1 aromatic rings. The van der Waals surface area contributed by atoms with Gasteiger partial charge in [-0.1, -0.05) is 54.8 Å². The van der Waals surface area contributed by atoms with Crippen molar-refractivity contribution in [1.29, 1.82) is 0 Å². The SMILES string of the molecule is CCCCC(CC)(CN)Cc1ccc(Br)cc1. The maximum absolute atomic E-state index is 6.03. The average Bonchev–Trinajstić information content (AvgIpc) is 2.37. The minimum absolute atomic E-state index is 0.295. The van der Waals surface area contributed by atoms with Crippen LogP contribution in [0.1, 0.15) is 45.1 Å². The number of rotatable bonds is 7. The second-order valence-electron chi connectivity index (χ2n) is 4.96. The van der Waals surface area contributed by atoms with Crippen LogP contribution in [0.15, 0.2) is 28.7 Å². The molecule has 96 valence electrons. The highest BCUT2D eigenvalue weighted by Crippen LogP contribution is 2.32. The molecule has 0 saturated carbocycles. The highest BCUT2D eigenvalue weighted by Gasteiger charge is 2.26. The Hall–Kier alpha value is -0.340. The van der Waals surface area contributed by atoms with E-state index in [9.17, 15) is 0 Å². The smallest absolute Gasteiger partial charge is 0.0175 e. The third-order valence-electron chi connectivity index (χ3n) is 3.74. The van der Waals surface area contributed by atoms with E-state index in [1.807, 2.05) is 0 Å². The topological polar surface area (TPSA) is 26.0 Å². The Morgan fingerprint density at radius 3 is 2.29 bits per heavy atom. The fourth-order valence-electron chi connectivity index (χ4n) is 2.30. The van der Waals surface area contributed by atoms with Gasteiger partial charge in [-0.05, 0) is 48.9 Å². The maximum atomic E-state index is 6.03. The third-order valence-corrected chi connectivity index (χ3v) is 4.26. The van der Waals surface area contributed by atoms with Gasteiger partial charge < -0.3 is 5.73 Å². The molecule has 1 aromatic carbocycles. The summed E-state index contributed by atoms with van der Waals surface area (Å²) in [6.45, 7) is 5.30. The molecule has 0 bridgehead atoms. The lowest BCUT2D eigenvalue weighted by atomic mass is 9.75. The monoisotopic (exact) mass is 297 g/mol. The van der Waals surface area contributed by atoms with Crippen molar-refractivity contribution < 1.29 is 0 Å². The molecule has 1 nitrogen and oxygen atoms in total. The van der Waals surface area contributed by atoms with E-state index in [1.54, 1.807) is 0 Å². The molecule has 1 unspecified atom stereocenters. The van der Waals surface area contributed by atoms with Crippen LogP contribution in [0.4, 0.5) is 0 Å². The van der Waals surface area contributed by atoms with E-state index in [1.165, 1.54) is 31.2 Å². The number of hydrogen-bond donors (Lipinski definition) is 1. The van der Waals surface area contributed by atoms with Crippen molar-refractivity contribution in [3.63, 3.8) is 0 Å². The van der Waals surface area contributed by atoms with Crippen LogP contribution in [-0.2, 0) is 6.42 Å². The van der Waals surface area contributed by atoms with Gasteiger partial charge in [-0.2, -0.15) is 0 Å². The predicted molar refractivity (Wildman–Crippen MR) is 79.1 cm³/mol. The van der Waals surface area contributed by atoms with E-state index in [-0.39, 0.29) is 0 Å². The Morgan fingerprint density at radius 2 is 1.82 bits per heavy atom. The van der Waals surface area contributed by atoms with E-state index in [2.05, 4.69) is 54.0 Å². The van der Waals surface area contributed by atoms with Crippen LogP contribution in [0.2, 0.25) is 0 Å². The van der Waals surface area contributed by atoms with Gasteiger partial charge in [0.2, 0.25) is 0 Å². The normalized spacial score (nSPS) is 14.6. The first-order chi connectivity index (χ1) is 8.15. The maximum Gasteiger partial charge on any atom is 0.0175 e. The predicted octanol–water partition coefficient (Wildman–Crippen LogP) is 4.54. The standard InChI is InChI=1S/C15H24BrN/c1-3-5-10-15(4-2,12-17)11-13-6-8-14(16)9-7-13/h6-9H,3-5,10-12,17H2,1-2H3. The van der Waals surface area contributed by atoms with Crippen molar-refractivity contribution >= 4 is 15.9 Å². The van der Waals surface area contributed by atoms with Crippen molar-refractivity contribution in [2.45, 2.75) is 46.0 Å². The second kappa shape index (κ2) is 7.17. The molecule has 0 spiro atoms. The van der Waals surface area contributed by atoms with Gasteiger partial charge in [0, 0.05) is 4.47 Å². The molecule has 17 heavy (non-hydrogen) atoms. The Morgan fingerprint density at radius 1 is 1.18 bits per heavy atom. The van der Waals surface area contributed by atoms with Gasteiger partial charge >= 0.3 is 0 Å². The van der Waals surface area contributed by atoms with Gasteiger partial charge in [0.05, 0.1) is 0 Å². The number of halogens is 1. The first kappa shape index (κ1) is 14.7. The van der Waals surface area contributed by atoms with Crippen molar-refractivity contribution in [3.05, 3.63) is 34.3 Å². The van der Waals surface area contributed by atoms with E-state index in [4.69, 9.17) is 5.73 Å². The number of unbranched alkanes of at least 4 members (excludes halogenated alkanes) is 1.